The van der Waals surface area contributed by atoms with Crippen molar-refractivity contribution in [3.8, 4) is 0 Å². The minimum absolute atomic E-state index is 0.136. The Bertz CT molecular complexity index is 1230. The normalized spacial score (nSPS) is 21.5. The van der Waals surface area contributed by atoms with Gasteiger partial charge in [0.05, 0.1) is 15.9 Å². The molecule has 5 rings (SSSR count). The van der Waals surface area contributed by atoms with Crippen LogP contribution >= 0.6 is 0 Å². The minimum Gasteiger partial charge on any atom is -0.393 e. The number of benzene rings is 1. The summed E-state index contributed by atoms with van der Waals surface area (Å²) < 4.78 is 26.8. The Balaban J connectivity index is 1.43. The van der Waals surface area contributed by atoms with Gasteiger partial charge in [-0.3, -0.25) is 5.10 Å². The molecule has 2 aliphatic rings. The number of nitrogens with one attached hydrogen (secondary N) is 3. The summed E-state index contributed by atoms with van der Waals surface area (Å²) in [5.74, 6) is 2.03. The Morgan fingerprint density at radius 2 is 1.54 bits per heavy atom. The number of hydrogen-bond donors (Lipinski definition) is 4. The molecule has 4 N–H and O–H groups in total. The monoisotopic (exact) mass is 495 g/mol. The van der Waals surface area contributed by atoms with Crippen LogP contribution in [0.25, 0.3) is 0 Å². The molecule has 3 aromatic rings. The zero-order valence-corrected chi connectivity index (χ0v) is 20.6. The average Bonchev–Trinajstić information content (AvgIpc) is 3.35. The van der Waals surface area contributed by atoms with Crippen LogP contribution in [-0.2, 0) is 9.84 Å². The highest BCUT2D eigenvalue weighted by Gasteiger charge is 2.23. The maximum atomic E-state index is 13.4. The van der Waals surface area contributed by atoms with E-state index in [0.717, 1.165) is 44.2 Å². The highest BCUT2D eigenvalue weighted by Crippen LogP contribution is 2.33. The molecule has 186 valence electrons. The van der Waals surface area contributed by atoms with E-state index in [4.69, 9.17) is 0 Å². The van der Waals surface area contributed by atoms with Gasteiger partial charge < -0.3 is 15.7 Å². The summed E-state index contributed by atoms with van der Waals surface area (Å²) in [6.07, 6.45) is 8.89. The quantitative estimate of drug-likeness (QED) is 0.358. The van der Waals surface area contributed by atoms with Crippen LogP contribution in [0.4, 0.5) is 17.5 Å². The molecule has 2 aliphatic carbocycles. The lowest BCUT2D eigenvalue weighted by atomic mass is 9.87. The van der Waals surface area contributed by atoms with Crippen LogP contribution < -0.4 is 10.6 Å². The van der Waals surface area contributed by atoms with Crippen molar-refractivity contribution in [1.29, 1.82) is 0 Å². The predicted octanol–water partition coefficient (Wildman–Crippen LogP) is 5.14. The van der Waals surface area contributed by atoms with Crippen molar-refractivity contribution in [3.63, 3.8) is 0 Å². The number of H-pyrrole nitrogens is 1. The number of hydrogen-bond acceptors (Lipinski definition) is 7. The van der Waals surface area contributed by atoms with Gasteiger partial charge in [-0.25, -0.2) is 13.4 Å². The first-order chi connectivity index (χ1) is 17.0. The van der Waals surface area contributed by atoms with Gasteiger partial charge in [0, 0.05) is 29.8 Å². The Morgan fingerprint density at radius 1 is 0.829 bits per heavy atom. The molecular formula is C26H33N5O3S. The van der Waals surface area contributed by atoms with Crippen LogP contribution in [0.5, 0.6) is 0 Å². The second kappa shape index (κ2) is 10.4. The van der Waals surface area contributed by atoms with Crippen LogP contribution in [-0.4, -0.2) is 40.9 Å². The van der Waals surface area contributed by atoms with Gasteiger partial charge >= 0.3 is 0 Å². The summed E-state index contributed by atoms with van der Waals surface area (Å²) in [5, 5.41) is 24.0. The summed E-state index contributed by atoms with van der Waals surface area (Å²) in [4.78, 5) is 5.08. The number of aliphatic hydroxyl groups excluding tert-OH is 1. The van der Waals surface area contributed by atoms with Gasteiger partial charge in [-0.1, -0.05) is 37.5 Å². The highest BCUT2D eigenvalue weighted by atomic mass is 32.2. The van der Waals surface area contributed by atoms with Gasteiger partial charge in [0.15, 0.2) is 5.82 Å². The lowest BCUT2D eigenvalue weighted by molar-refractivity contribution is 0.126. The van der Waals surface area contributed by atoms with Crippen LogP contribution in [0.15, 0.2) is 58.3 Å². The Morgan fingerprint density at radius 3 is 2.29 bits per heavy atom. The van der Waals surface area contributed by atoms with Crippen molar-refractivity contribution >= 4 is 27.3 Å². The van der Waals surface area contributed by atoms with Gasteiger partial charge in [0.25, 0.3) is 0 Å². The second-order valence-corrected chi connectivity index (χ2v) is 11.7. The van der Waals surface area contributed by atoms with Gasteiger partial charge in [0.2, 0.25) is 9.84 Å². The van der Waals surface area contributed by atoms with Crippen LogP contribution in [0.1, 0.15) is 69.4 Å². The number of pyridine rings is 1. The Kier molecular flexibility index (Phi) is 7.06. The van der Waals surface area contributed by atoms with E-state index in [1.807, 2.05) is 6.07 Å². The van der Waals surface area contributed by atoms with E-state index in [-0.39, 0.29) is 21.9 Å². The third-order valence-corrected chi connectivity index (χ3v) is 8.86. The topological polar surface area (TPSA) is 120 Å². The maximum absolute atomic E-state index is 13.4. The van der Waals surface area contributed by atoms with E-state index in [1.165, 1.54) is 19.3 Å². The molecule has 2 fully saturated rings. The first kappa shape index (κ1) is 23.8. The van der Waals surface area contributed by atoms with E-state index in [1.54, 1.807) is 42.5 Å². The molecule has 0 spiro atoms. The van der Waals surface area contributed by atoms with Crippen LogP contribution in [0.3, 0.4) is 0 Å². The third kappa shape index (κ3) is 5.67. The predicted molar refractivity (Wildman–Crippen MR) is 136 cm³/mol. The SMILES string of the molecule is O=S(=O)(c1ccccc1)c1cc(Nc2cc(C3CCCCC3)[nH]n2)nc(N[C@H]2CC[C@H](O)CC2)c1. The van der Waals surface area contributed by atoms with Crippen LogP contribution in [0, 0.1) is 0 Å². The molecule has 0 radical (unpaired) electrons. The smallest absolute Gasteiger partial charge is 0.206 e. The number of aliphatic hydroxyl groups is 1. The number of rotatable bonds is 7. The van der Waals surface area contributed by atoms with Crippen molar-refractivity contribution in [2.24, 2.45) is 0 Å². The molecule has 0 saturated heterocycles. The largest absolute Gasteiger partial charge is 0.393 e. The summed E-state index contributed by atoms with van der Waals surface area (Å²) in [5.41, 5.74) is 1.11. The fraction of sp³-hybridized carbons (Fsp3) is 0.462. The summed E-state index contributed by atoms with van der Waals surface area (Å²) in [6, 6.07) is 13.7. The lowest BCUT2D eigenvalue weighted by Gasteiger charge is -2.27. The standard InChI is InChI=1S/C26H33N5O3S/c32-20-13-11-19(12-14-20)27-24-15-22(35(33,34)21-9-5-2-6-10-21)16-25(28-24)29-26-17-23(30-31-26)18-7-3-1-4-8-18/h2,5-6,9-10,15-20,32H,1,3-4,7-8,11-14H2,(H3,27,28,29,30,31)/t19-,20-. The molecule has 0 atom stereocenters. The fourth-order valence-electron chi connectivity index (χ4n) is 5.12. The highest BCUT2D eigenvalue weighted by molar-refractivity contribution is 7.91. The van der Waals surface area contributed by atoms with E-state index in [2.05, 4.69) is 25.8 Å². The van der Waals surface area contributed by atoms with Crippen molar-refractivity contribution in [2.75, 3.05) is 10.6 Å². The third-order valence-electron chi connectivity index (χ3n) is 7.11. The molecule has 0 unspecified atom stereocenters. The average molecular weight is 496 g/mol. The zero-order chi connectivity index (χ0) is 24.3. The van der Waals surface area contributed by atoms with Gasteiger partial charge in [-0.05, 0) is 56.7 Å². The number of anilines is 3. The van der Waals surface area contributed by atoms with Crippen molar-refractivity contribution in [1.82, 2.24) is 15.2 Å². The van der Waals surface area contributed by atoms with Crippen molar-refractivity contribution in [2.45, 2.75) is 85.6 Å². The molecule has 1 aromatic carbocycles. The van der Waals surface area contributed by atoms with Crippen molar-refractivity contribution in [3.05, 3.63) is 54.2 Å². The molecular weight excluding hydrogens is 462 g/mol. The summed E-state index contributed by atoms with van der Waals surface area (Å²) >= 11 is 0. The van der Waals surface area contributed by atoms with Crippen molar-refractivity contribution < 1.29 is 13.5 Å². The van der Waals surface area contributed by atoms with Gasteiger partial charge in [-0.15, -0.1) is 0 Å². The minimum atomic E-state index is -3.73. The molecule has 0 amide bonds. The first-order valence-electron chi connectivity index (χ1n) is 12.6. The maximum Gasteiger partial charge on any atom is 0.206 e. The molecule has 35 heavy (non-hydrogen) atoms. The fourth-order valence-corrected chi connectivity index (χ4v) is 6.44. The summed E-state index contributed by atoms with van der Waals surface area (Å²) in [6.45, 7) is 0. The Labute approximate surface area is 206 Å². The van der Waals surface area contributed by atoms with Crippen LogP contribution in [0.2, 0.25) is 0 Å². The molecule has 2 saturated carbocycles. The van der Waals surface area contributed by atoms with Gasteiger partial charge in [0.1, 0.15) is 11.6 Å². The lowest BCUT2D eigenvalue weighted by Crippen LogP contribution is -2.28. The molecule has 0 aliphatic heterocycles. The summed E-state index contributed by atoms with van der Waals surface area (Å²) in [7, 11) is -3.73. The molecule has 2 aromatic heterocycles. The van der Waals surface area contributed by atoms with E-state index >= 15 is 0 Å². The van der Waals surface area contributed by atoms with E-state index < -0.39 is 9.84 Å². The number of sulfone groups is 1. The molecule has 9 heteroatoms. The molecule has 8 nitrogen and oxygen atoms in total. The Hall–Kier alpha value is -2.91. The number of nitrogens with zero attached hydrogens (tertiary/aromatic N) is 2. The number of aromatic nitrogens is 3. The van der Waals surface area contributed by atoms with E-state index in [9.17, 15) is 13.5 Å². The van der Waals surface area contributed by atoms with E-state index in [0.29, 0.717) is 23.4 Å². The second-order valence-electron chi connectivity index (χ2n) is 9.71. The number of aromatic amines is 1. The first-order valence-corrected chi connectivity index (χ1v) is 14.0. The zero-order valence-electron chi connectivity index (χ0n) is 19.8. The molecule has 0 bridgehead atoms. The molecule has 2 heterocycles. The van der Waals surface area contributed by atoms with Gasteiger partial charge in [-0.2, -0.15) is 5.10 Å².